The monoisotopic (exact) mass is 367 g/mol. The Morgan fingerprint density at radius 2 is 1.84 bits per heavy atom. The van der Waals surface area contributed by atoms with Crippen molar-refractivity contribution in [3.05, 3.63) is 35.9 Å². The fourth-order valence-corrected chi connectivity index (χ4v) is 4.43. The maximum atomic E-state index is 12.1. The molecule has 1 aromatic carbocycles. The minimum absolute atomic E-state index is 0.215. The van der Waals surface area contributed by atoms with E-state index in [0.717, 1.165) is 31.2 Å². The topological polar surface area (TPSA) is 78.5 Å². The summed E-state index contributed by atoms with van der Waals surface area (Å²) in [6.07, 6.45) is 6.79. The van der Waals surface area contributed by atoms with Crippen molar-refractivity contribution in [2.75, 3.05) is 19.3 Å². The summed E-state index contributed by atoms with van der Waals surface area (Å²) in [5, 5.41) is 5.76. The number of nitrogens with one attached hydrogen (secondary N) is 2. The molecule has 1 fully saturated rings. The zero-order chi connectivity index (χ0) is 18.3. The molecule has 1 aromatic rings. The first kappa shape index (κ1) is 19.7. The van der Waals surface area contributed by atoms with Crippen molar-refractivity contribution in [1.29, 1.82) is 0 Å². The largest absolute Gasteiger partial charge is 0.337 e. The molecule has 0 radical (unpaired) electrons. The Balaban J connectivity index is 1.87. The highest BCUT2D eigenvalue weighted by atomic mass is 32.2. The van der Waals surface area contributed by atoms with Crippen molar-refractivity contribution in [2.45, 2.75) is 51.1 Å². The number of sulfonamides is 1. The van der Waals surface area contributed by atoms with Crippen LogP contribution in [-0.4, -0.2) is 44.1 Å². The minimum atomic E-state index is -3.38. The predicted molar refractivity (Wildman–Crippen MR) is 99.8 cm³/mol. The van der Waals surface area contributed by atoms with Gasteiger partial charge in [0.05, 0.1) is 6.26 Å². The molecule has 0 spiro atoms. The molecule has 0 aromatic heterocycles. The van der Waals surface area contributed by atoms with E-state index in [0.29, 0.717) is 0 Å². The van der Waals surface area contributed by atoms with Crippen LogP contribution < -0.4 is 10.6 Å². The second-order valence-corrected chi connectivity index (χ2v) is 8.63. The van der Waals surface area contributed by atoms with Gasteiger partial charge in [-0.3, -0.25) is 0 Å². The average Bonchev–Trinajstić information content (AvgIpc) is 2.59. The number of amides is 2. The van der Waals surface area contributed by atoms with Crippen LogP contribution in [-0.2, 0) is 10.0 Å². The van der Waals surface area contributed by atoms with Crippen molar-refractivity contribution < 1.29 is 13.2 Å². The van der Waals surface area contributed by atoms with E-state index < -0.39 is 10.0 Å². The Kier molecular flexibility index (Phi) is 7.25. The van der Waals surface area contributed by atoms with E-state index in [9.17, 15) is 13.2 Å². The van der Waals surface area contributed by atoms with Crippen molar-refractivity contribution in [2.24, 2.45) is 0 Å². The maximum Gasteiger partial charge on any atom is 0.315 e. The summed E-state index contributed by atoms with van der Waals surface area (Å²) < 4.78 is 25.7. The van der Waals surface area contributed by atoms with E-state index in [2.05, 4.69) is 10.6 Å². The number of benzene rings is 1. The van der Waals surface area contributed by atoms with Crippen molar-refractivity contribution in [1.82, 2.24) is 14.9 Å². The molecule has 0 aliphatic heterocycles. The molecular formula is C18H29N3O3S. The summed E-state index contributed by atoms with van der Waals surface area (Å²) in [6, 6.07) is 9.25. The van der Waals surface area contributed by atoms with Gasteiger partial charge < -0.3 is 10.6 Å². The van der Waals surface area contributed by atoms with Gasteiger partial charge in [0.2, 0.25) is 10.0 Å². The molecule has 0 bridgehead atoms. The van der Waals surface area contributed by atoms with E-state index >= 15 is 0 Å². The highest BCUT2D eigenvalue weighted by Gasteiger charge is 2.24. The molecule has 2 N–H and O–H groups in total. The third-order valence-corrected chi connectivity index (χ3v) is 6.05. The molecule has 1 aliphatic carbocycles. The summed E-state index contributed by atoms with van der Waals surface area (Å²) in [7, 11) is -3.38. The number of rotatable bonds is 7. The summed E-state index contributed by atoms with van der Waals surface area (Å²) in [4.78, 5) is 12.0. The van der Waals surface area contributed by atoms with Gasteiger partial charge >= 0.3 is 6.03 Å². The summed E-state index contributed by atoms with van der Waals surface area (Å²) >= 11 is 0. The molecule has 2 rings (SSSR count). The van der Waals surface area contributed by atoms with E-state index in [1.807, 2.05) is 37.3 Å². The zero-order valence-corrected chi connectivity index (χ0v) is 15.9. The van der Waals surface area contributed by atoms with Crippen LogP contribution in [0, 0.1) is 0 Å². The van der Waals surface area contributed by atoms with Crippen LogP contribution in [0.15, 0.2) is 30.3 Å². The fourth-order valence-electron chi connectivity index (χ4n) is 3.31. The van der Waals surface area contributed by atoms with Gasteiger partial charge in [-0.05, 0) is 25.3 Å². The normalized spacial score (nSPS) is 17.2. The van der Waals surface area contributed by atoms with Gasteiger partial charge in [-0.25, -0.2) is 13.2 Å². The van der Waals surface area contributed by atoms with Gasteiger partial charge in [0.15, 0.2) is 0 Å². The number of hydrogen-bond acceptors (Lipinski definition) is 3. The smallest absolute Gasteiger partial charge is 0.315 e. The summed E-state index contributed by atoms with van der Waals surface area (Å²) in [5.74, 6) is 0. The SMILES string of the molecule is CC(c1ccccc1)N(CCNC(=O)NC1CCCCC1)S(C)(=O)=O. The number of carbonyl (C=O) groups is 1. The van der Waals surface area contributed by atoms with Crippen molar-refractivity contribution in [3.63, 3.8) is 0 Å². The molecule has 0 saturated heterocycles. The second-order valence-electron chi connectivity index (χ2n) is 6.70. The van der Waals surface area contributed by atoms with Gasteiger partial charge in [-0.15, -0.1) is 0 Å². The zero-order valence-electron chi connectivity index (χ0n) is 15.1. The van der Waals surface area contributed by atoms with Crippen LogP contribution in [0.3, 0.4) is 0 Å². The highest BCUT2D eigenvalue weighted by molar-refractivity contribution is 7.88. The quantitative estimate of drug-likeness (QED) is 0.778. The van der Waals surface area contributed by atoms with Gasteiger partial charge in [0.25, 0.3) is 0 Å². The van der Waals surface area contributed by atoms with Crippen molar-refractivity contribution >= 4 is 16.1 Å². The summed E-state index contributed by atoms with van der Waals surface area (Å²) in [6.45, 7) is 2.38. The molecule has 1 saturated carbocycles. The molecule has 6 nitrogen and oxygen atoms in total. The number of nitrogens with zero attached hydrogens (tertiary/aromatic N) is 1. The highest BCUT2D eigenvalue weighted by Crippen LogP contribution is 2.22. The molecule has 140 valence electrons. The van der Waals surface area contributed by atoms with Crippen LogP contribution in [0.25, 0.3) is 0 Å². The number of carbonyl (C=O) groups excluding carboxylic acids is 1. The van der Waals surface area contributed by atoms with E-state index in [1.165, 1.54) is 17.0 Å². The van der Waals surface area contributed by atoms with E-state index in [1.54, 1.807) is 0 Å². The number of hydrogen-bond donors (Lipinski definition) is 2. The Morgan fingerprint density at radius 1 is 1.20 bits per heavy atom. The van der Waals surface area contributed by atoms with Crippen LogP contribution in [0.4, 0.5) is 4.79 Å². The Morgan fingerprint density at radius 3 is 2.44 bits per heavy atom. The third kappa shape index (κ3) is 6.32. The molecule has 25 heavy (non-hydrogen) atoms. The first-order chi connectivity index (χ1) is 11.9. The average molecular weight is 368 g/mol. The standard InChI is InChI=1S/C18H29N3O3S/c1-15(16-9-5-3-6-10-16)21(25(2,23)24)14-13-19-18(22)20-17-11-7-4-8-12-17/h3,5-6,9-10,15,17H,4,7-8,11-14H2,1-2H3,(H2,19,20,22). The first-order valence-corrected chi connectivity index (χ1v) is 10.8. The molecule has 1 atom stereocenters. The van der Waals surface area contributed by atoms with Crippen LogP contribution in [0.5, 0.6) is 0 Å². The lowest BCUT2D eigenvalue weighted by Crippen LogP contribution is -2.46. The van der Waals surface area contributed by atoms with Gasteiger partial charge in [-0.2, -0.15) is 4.31 Å². The lowest BCUT2D eigenvalue weighted by Gasteiger charge is -2.27. The molecule has 1 aliphatic rings. The molecule has 0 heterocycles. The molecular weight excluding hydrogens is 338 g/mol. The number of urea groups is 1. The summed E-state index contributed by atoms with van der Waals surface area (Å²) in [5.41, 5.74) is 0.930. The maximum absolute atomic E-state index is 12.1. The minimum Gasteiger partial charge on any atom is -0.337 e. The van der Waals surface area contributed by atoms with Gasteiger partial charge in [0.1, 0.15) is 0 Å². The van der Waals surface area contributed by atoms with E-state index in [-0.39, 0.29) is 31.2 Å². The van der Waals surface area contributed by atoms with Crippen LogP contribution >= 0.6 is 0 Å². The van der Waals surface area contributed by atoms with Gasteiger partial charge in [-0.1, -0.05) is 49.6 Å². The van der Waals surface area contributed by atoms with E-state index in [4.69, 9.17) is 0 Å². The van der Waals surface area contributed by atoms with Crippen molar-refractivity contribution in [3.8, 4) is 0 Å². The Labute approximate surface area is 151 Å². The molecule has 1 unspecified atom stereocenters. The lowest BCUT2D eigenvalue weighted by atomic mass is 9.96. The molecule has 7 heteroatoms. The second kappa shape index (κ2) is 9.20. The molecule has 2 amide bonds. The Hall–Kier alpha value is -1.60. The fraction of sp³-hybridized carbons (Fsp3) is 0.611. The van der Waals surface area contributed by atoms with Gasteiger partial charge in [0, 0.05) is 25.2 Å². The van der Waals surface area contributed by atoms with Crippen LogP contribution in [0.1, 0.15) is 50.6 Å². The first-order valence-electron chi connectivity index (χ1n) is 8.94. The van der Waals surface area contributed by atoms with Crippen LogP contribution in [0.2, 0.25) is 0 Å². The predicted octanol–water partition coefficient (Wildman–Crippen LogP) is 2.64. The lowest BCUT2D eigenvalue weighted by molar-refractivity contribution is 0.231. The Bertz CT molecular complexity index is 643. The third-order valence-electron chi connectivity index (χ3n) is 4.70.